The summed E-state index contributed by atoms with van der Waals surface area (Å²) in [7, 11) is 1.97. The van der Waals surface area contributed by atoms with E-state index in [4.69, 9.17) is 0 Å². The Morgan fingerprint density at radius 2 is 2.04 bits per heavy atom. The molecule has 3 heterocycles. The van der Waals surface area contributed by atoms with E-state index in [1.807, 2.05) is 42.3 Å². The Hall–Kier alpha value is -3.29. The lowest BCUT2D eigenvalue weighted by molar-refractivity contribution is 0.0925. The molecule has 0 saturated carbocycles. The van der Waals surface area contributed by atoms with Crippen LogP contribution >= 0.6 is 0 Å². The second-order valence-corrected chi connectivity index (χ2v) is 7.22. The van der Waals surface area contributed by atoms with Gasteiger partial charge in [-0.05, 0) is 12.0 Å². The average molecular weight is 377 g/mol. The standard InChI is InChI=1S/C20H23N7O/c1-13-10-15(12-27(2)19-17(13)21-8-9-22-19)23-20(28)18-24-16(25-26-18)11-14-6-4-3-5-7-14/h3-9,13,15H,10-12H2,1-2H3,(H,23,28)(H,24,25,26)/t13-,15+/m0/s1. The Morgan fingerprint density at radius 1 is 1.25 bits per heavy atom. The van der Waals surface area contributed by atoms with Crippen molar-refractivity contribution in [3.63, 3.8) is 0 Å². The summed E-state index contributed by atoms with van der Waals surface area (Å²) < 4.78 is 0. The maximum atomic E-state index is 12.7. The molecule has 1 amide bonds. The van der Waals surface area contributed by atoms with Crippen molar-refractivity contribution >= 4 is 11.7 Å². The zero-order chi connectivity index (χ0) is 19.5. The van der Waals surface area contributed by atoms with Gasteiger partial charge in [-0.1, -0.05) is 37.3 Å². The Morgan fingerprint density at radius 3 is 2.86 bits per heavy atom. The first kappa shape index (κ1) is 18.1. The molecular formula is C20H23N7O. The number of rotatable bonds is 4. The van der Waals surface area contributed by atoms with E-state index < -0.39 is 0 Å². The molecule has 2 atom stereocenters. The van der Waals surface area contributed by atoms with Crippen molar-refractivity contribution in [1.82, 2.24) is 30.5 Å². The van der Waals surface area contributed by atoms with Gasteiger partial charge in [-0.3, -0.25) is 14.9 Å². The molecule has 0 bridgehead atoms. The lowest BCUT2D eigenvalue weighted by Crippen LogP contribution is -2.42. The minimum absolute atomic E-state index is 0.0421. The third-order valence-corrected chi connectivity index (χ3v) is 4.95. The number of benzene rings is 1. The first-order chi connectivity index (χ1) is 13.6. The lowest BCUT2D eigenvalue weighted by atomic mass is 9.99. The number of hydrogen-bond acceptors (Lipinski definition) is 6. The van der Waals surface area contributed by atoms with Crippen molar-refractivity contribution in [2.75, 3.05) is 18.5 Å². The van der Waals surface area contributed by atoms with Gasteiger partial charge < -0.3 is 10.2 Å². The van der Waals surface area contributed by atoms with Gasteiger partial charge in [-0.2, -0.15) is 0 Å². The smallest absolute Gasteiger partial charge is 0.291 e. The van der Waals surface area contributed by atoms with Gasteiger partial charge in [0.15, 0.2) is 0 Å². The number of aromatic nitrogens is 5. The van der Waals surface area contributed by atoms with E-state index in [2.05, 4.69) is 37.4 Å². The fourth-order valence-corrected chi connectivity index (χ4v) is 3.63. The SMILES string of the molecule is C[C@H]1C[C@@H](NC(=O)c2n[nH]c(Cc3ccccc3)n2)CN(C)c2nccnc21. The van der Waals surface area contributed by atoms with Crippen LogP contribution in [-0.4, -0.2) is 50.7 Å². The zero-order valence-electron chi connectivity index (χ0n) is 16.0. The van der Waals surface area contributed by atoms with E-state index in [9.17, 15) is 4.79 Å². The highest BCUT2D eigenvalue weighted by Gasteiger charge is 2.28. The van der Waals surface area contributed by atoms with Gasteiger partial charge in [-0.25, -0.2) is 9.97 Å². The molecule has 8 heteroatoms. The molecule has 144 valence electrons. The molecular weight excluding hydrogens is 354 g/mol. The number of hydrogen-bond donors (Lipinski definition) is 2. The molecule has 3 aromatic rings. The van der Waals surface area contributed by atoms with Crippen LogP contribution in [0.1, 0.15) is 47.0 Å². The number of carbonyl (C=O) groups is 1. The normalized spacial score (nSPS) is 19.0. The second-order valence-electron chi connectivity index (χ2n) is 7.22. The van der Waals surface area contributed by atoms with Crippen LogP contribution in [-0.2, 0) is 6.42 Å². The summed E-state index contributed by atoms with van der Waals surface area (Å²) in [5.74, 6) is 1.63. The van der Waals surface area contributed by atoms with Gasteiger partial charge >= 0.3 is 0 Å². The second kappa shape index (κ2) is 7.75. The molecule has 1 aliphatic heterocycles. The predicted molar refractivity (Wildman–Crippen MR) is 105 cm³/mol. The van der Waals surface area contributed by atoms with Gasteiger partial charge in [0.25, 0.3) is 5.91 Å². The molecule has 28 heavy (non-hydrogen) atoms. The van der Waals surface area contributed by atoms with Crippen molar-refractivity contribution in [3.05, 3.63) is 65.6 Å². The van der Waals surface area contributed by atoms with Crippen LogP contribution in [0.3, 0.4) is 0 Å². The first-order valence-corrected chi connectivity index (χ1v) is 9.38. The summed E-state index contributed by atoms with van der Waals surface area (Å²) in [5.41, 5.74) is 2.08. The summed E-state index contributed by atoms with van der Waals surface area (Å²) in [5, 5.41) is 10.0. The van der Waals surface area contributed by atoms with Gasteiger partial charge in [0.2, 0.25) is 5.82 Å². The molecule has 2 N–H and O–H groups in total. The quantitative estimate of drug-likeness (QED) is 0.721. The number of amides is 1. The molecule has 0 spiro atoms. The maximum absolute atomic E-state index is 12.7. The highest BCUT2D eigenvalue weighted by molar-refractivity contribution is 5.90. The van der Waals surface area contributed by atoms with Crippen LogP contribution in [0.2, 0.25) is 0 Å². The van der Waals surface area contributed by atoms with E-state index in [1.165, 1.54) is 0 Å². The number of anilines is 1. The fraction of sp³-hybridized carbons (Fsp3) is 0.350. The van der Waals surface area contributed by atoms with Gasteiger partial charge in [0, 0.05) is 44.4 Å². The topological polar surface area (TPSA) is 99.7 Å². The van der Waals surface area contributed by atoms with E-state index in [0.29, 0.717) is 18.8 Å². The maximum Gasteiger partial charge on any atom is 0.291 e. The number of likely N-dealkylation sites (N-methyl/N-ethyl adjacent to an activating group) is 1. The molecule has 0 saturated heterocycles. The Bertz CT molecular complexity index is 925. The highest BCUT2D eigenvalue weighted by atomic mass is 16.2. The Labute approximate surface area is 163 Å². The summed E-state index contributed by atoms with van der Waals surface area (Å²) in [6.45, 7) is 2.76. The van der Waals surface area contributed by atoms with E-state index >= 15 is 0 Å². The number of nitrogens with zero attached hydrogens (tertiary/aromatic N) is 5. The number of carbonyl (C=O) groups excluding carboxylic acids is 1. The predicted octanol–water partition coefficient (Wildman–Crippen LogP) is 1.93. The van der Waals surface area contributed by atoms with E-state index in [-0.39, 0.29) is 23.7 Å². The molecule has 1 aliphatic rings. The molecule has 0 radical (unpaired) electrons. The summed E-state index contributed by atoms with van der Waals surface area (Å²) in [6.07, 6.45) is 4.80. The third kappa shape index (κ3) is 3.85. The van der Waals surface area contributed by atoms with Crippen molar-refractivity contribution in [2.24, 2.45) is 0 Å². The summed E-state index contributed by atoms with van der Waals surface area (Å²) >= 11 is 0. The van der Waals surface area contributed by atoms with Gasteiger partial charge in [-0.15, -0.1) is 5.10 Å². The van der Waals surface area contributed by atoms with E-state index in [1.54, 1.807) is 12.4 Å². The van der Waals surface area contributed by atoms with Crippen LogP contribution in [0.15, 0.2) is 42.7 Å². The summed E-state index contributed by atoms with van der Waals surface area (Å²) in [6, 6.07) is 9.92. The van der Waals surface area contributed by atoms with Crippen molar-refractivity contribution in [2.45, 2.75) is 31.7 Å². The van der Waals surface area contributed by atoms with Gasteiger partial charge in [0.1, 0.15) is 11.6 Å². The number of H-pyrrole nitrogens is 1. The molecule has 2 aromatic heterocycles. The Kier molecular flexibility index (Phi) is 5.01. The van der Waals surface area contributed by atoms with E-state index in [0.717, 1.165) is 23.5 Å². The van der Waals surface area contributed by atoms with Crippen LogP contribution in [0.4, 0.5) is 5.82 Å². The van der Waals surface area contributed by atoms with Crippen LogP contribution in [0.25, 0.3) is 0 Å². The number of nitrogens with one attached hydrogen (secondary N) is 2. The van der Waals surface area contributed by atoms with Gasteiger partial charge in [0.05, 0.1) is 5.69 Å². The lowest BCUT2D eigenvalue weighted by Gasteiger charge is -2.22. The minimum Gasteiger partial charge on any atom is -0.356 e. The molecule has 0 aliphatic carbocycles. The monoisotopic (exact) mass is 377 g/mol. The molecule has 8 nitrogen and oxygen atoms in total. The molecule has 4 rings (SSSR count). The Balaban J connectivity index is 1.43. The number of fused-ring (bicyclic) bond motifs is 1. The van der Waals surface area contributed by atoms with Crippen LogP contribution in [0.5, 0.6) is 0 Å². The largest absolute Gasteiger partial charge is 0.356 e. The van der Waals surface area contributed by atoms with Crippen molar-refractivity contribution in [3.8, 4) is 0 Å². The summed E-state index contributed by atoms with van der Waals surface area (Å²) in [4.78, 5) is 28.0. The molecule has 0 unspecified atom stereocenters. The zero-order valence-corrected chi connectivity index (χ0v) is 16.0. The number of aromatic amines is 1. The molecule has 1 aromatic carbocycles. The fourth-order valence-electron chi connectivity index (χ4n) is 3.63. The first-order valence-electron chi connectivity index (χ1n) is 9.38. The van der Waals surface area contributed by atoms with Crippen molar-refractivity contribution < 1.29 is 4.79 Å². The minimum atomic E-state index is -0.270. The molecule has 0 fully saturated rings. The van der Waals surface area contributed by atoms with Crippen LogP contribution in [0, 0.1) is 0 Å². The van der Waals surface area contributed by atoms with Crippen LogP contribution < -0.4 is 10.2 Å². The highest BCUT2D eigenvalue weighted by Crippen LogP contribution is 2.29. The van der Waals surface area contributed by atoms with Crippen molar-refractivity contribution in [1.29, 1.82) is 0 Å². The third-order valence-electron chi connectivity index (χ3n) is 4.95. The average Bonchev–Trinajstić information content (AvgIpc) is 3.12.